The number of carboxylic acids is 1. The van der Waals surface area contributed by atoms with E-state index in [-0.39, 0.29) is 66.1 Å². The average Bonchev–Trinajstić information content (AvgIpc) is 2.56. The second kappa shape index (κ2) is 14.2. The Bertz CT molecular complexity index is 670. The molecule has 3 N–H and O–H groups in total. The summed E-state index contributed by atoms with van der Waals surface area (Å²) in [6.45, 7) is 6.89. The number of carbonyl (C=O) groups is 4. The predicted octanol–water partition coefficient (Wildman–Crippen LogP) is 2.16. The number of aliphatic carboxylic acids is 1. The first kappa shape index (κ1) is 29.3. The van der Waals surface area contributed by atoms with E-state index in [4.69, 9.17) is 10.8 Å². The molecule has 0 spiro atoms. The van der Waals surface area contributed by atoms with Crippen molar-refractivity contribution in [1.29, 1.82) is 0 Å². The van der Waals surface area contributed by atoms with Crippen molar-refractivity contribution in [2.75, 3.05) is 0 Å². The van der Waals surface area contributed by atoms with Crippen molar-refractivity contribution >= 4 is 23.4 Å². The van der Waals surface area contributed by atoms with Crippen molar-refractivity contribution in [2.45, 2.75) is 44.7 Å². The fourth-order valence-corrected chi connectivity index (χ4v) is 2.55. The van der Waals surface area contributed by atoms with Crippen LogP contribution in [0.1, 0.15) is 38.2 Å². The van der Waals surface area contributed by atoms with Crippen molar-refractivity contribution in [2.24, 2.45) is 5.92 Å². The monoisotopic (exact) mass is 633 g/mol. The van der Waals surface area contributed by atoms with Crippen LogP contribution in [0.3, 0.4) is 0 Å². The normalized spacial score (nSPS) is 13.3. The maximum atomic E-state index is 12.7. The van der Waals surface area contributed by atoms with Gasteiger partial charge in [0.1, 0.15) is 5.78 Å². The molecule has 7 nitrogen and oxygen atoms in total. The van der Waals surface area contributed by atoms with E-state index in [1.807, 2.05) is 0 Å². The molecule has 0 heterocycles. The fraction of sp³-hybridized carbons (Fsp3) is 0.421. The molecule has 0 aliphatic carbocycles. The quantitative estimate of drug-likeness (QED) is 0.383. The van der Waals surface area contributed by atoms with Gasteiger partial charge in [-0.2, -0.15) is 0 Å². The van der Waals surface area contributed by atoms with Gasteiger partial charge in [-0.3, -0.25) is 9.59 Å². The van der Waals surface area contributed by atoms with E-state index in [0.29, 0.717) is 5.56 Å². The molecule has 0 bridgehead atoms. The van der Waals surface area contributed by atoms with Gasteiger partial charge in [0.25, 0.3) is 0 Å². The summed E-state index contributed by atoms with van der Waals surface area (Å²) < 4.78 is 0. The van der Waals surface area contributed by atoms with Crippen LogP contribution >= 0.6 is 0 Å². The van der Waals surface area contributed by atoms with Crippen LogP contribution in [0, 0.1) is 12.8 Å². The van der Waals surface area contributed by atoms with Gasteiger partial charge in [-0.1, -0.05) is 50.2 Å². The summed E-state index contributed by atoms with van der Waals surface area (Å²) >= 11 is 0. The summed E-state index contributed by atoms with van der Waals surface area (Å²) in [5.74, 6) is -3.93. The Hall–Kier alpha value is -0.878. The molecule has 1 amide bonds. The van der Waals surface area contributed by atoms with Crippen LogP contribution < -0.4 is 5.32 Å². The van der Waals surface area contributed by atoms with Crippen LogP contribution in [-0.4, -0.2) is 40.6 Å². The zero-order chi connectivity index (χ0) is 19.9. The van der Waals surface area contributed by atoms with Gasteiger partial charge >= 0.3 is 5.97 Å². The topological polar surface area (TPSA) is 124 Å². The fourth-order valence-electron chi connectivity index (χ4n) is 2.55. The molecular weight excluding hydrogens is 609 g/mol. The molecule has 151 valence electrons. The molecule has 0 aromatic heterocycles. The van der Waals surface area contributed by atoms with Gasteiger partial charge in [0, 0.05) is 72.4 Å². The number of amides is 1. The first-order chi connectivity index (χ1) is 12.1. The van der Waals surface area contributed by atoms with E-state index in [2.05, 4.69) is 12.2 Å². The summed E-state index contributed by atoms with van der Waals surface area (Å²) in [5, 5.41) is 11.4. The van der Waals surface area contributed by atoms with Gasteiger partial charge in [-0.25, -0.2) is 0 Å². The third-order valence-electron chi connectivity index (χ3n) is 4.00. The van der Waals surface area contributed by atoms with Crippen LogP contribution in [0.15, 0.2) is 30.3 Å². The van der Waals surface area contributed by atoms with Crippen LogP contribution in [0.2, 0.25) is 0 Å². The number of rotatable bonds is 10. The molecule has 0 saturated heterocycles. The number of ketones is 2. The second-order valence-corrected chi connectivity index (χ2v) is 6.48. The third-order valence-corrected chi connectivity index (χ3v) is 4.00. The first-order valence-corrected chi connectivity index (χ1v) is 8.30. The second-order valence-electron chi connectivity index (χ2n) is 6.48. The third kappa shape index (κ3) is 9.55. The molecule has 0 saturated carbocycles. The van der Waals surface area contributed by atoms with Gasteiger partial charge in [0.15, 0.2) is 0 Å². The Balaban J connectivity index is 0. The number of nitrogens with one attached hydrogen (secondary N) is 2. The number of Topliss-reactive ketones (excluding diaryl/α,β-unsaturated/α-hetero) is 2. The molecule has 0 aliphatic heterocycles. The Morgan fingerprint density at radius 2 is 1.64 bits per heavy atom. The number of carboxylic acid groups (broad SMARTS) is 1. The van der Waals surface area contributed by atoms with E-state index in [1.54, 1.807) is 44.2 Å². The van der Waals surface area contributed by atoms with Crippen molar-refractivity contribution in [3.63, 3.8) is 0 Å². The molecule has 0 unspecified atom stereocenters. The van der Waals surface area contributed by atoms with Gasteiger partial charge in [-0.15, -0.1) is 0 Å². The molecule has 0 aliphatic rings. The summed E-state index contributed by atoms with van der Waals surface area (Å²) in [4.78, 5) is 47.3. The maximum Gasteiger partial charge on any atom is 0.302 e. The van der Waals surface area contributed by atoms with E-state index in [9.17, 15) is 19.2 Å². The van der Waals surface area contributed by atoms with Crippen LogP contribution in [0.5, 0.6) is 0 Å². The molecule has 1 rings (SSSR count). The Labute approximate surface area is 204 Å². The Morgan fingerprint density at radius 3 is 2.07 bits per heavy atom. The molecule has 1 radical (unpaired) electrons. The minimum atomic E-state index is -1.44. The van der Waals surface area contributed by atoms with Crippen LogP contribution in [0.4, 0.5) is 0 Å². The summed E-state index contributed by atoms with van der Waals surface area (Å²) in [5.41, 5.74) is 8.21. The molecule has 0 fully saturated rings. The first-order valence-electron chi connectivity index (χ1n) is 8.30. The minimum absolute atomic E-state index is 0. The zero-order valence-electron chi connectivity index (χ0n) is 15.9. The smallest absolute Gasteiger partial charge is 0.302 e. The van der Waals surface area contributed by atoms with E-state index in [0.717, 1.165) is 0 Å². The van der Waals surface area contributed by atoms with Crippen LogP contribution in [-0.2, 0) is 73.0 Å². The summed E-state index contributed by atoms with van der Waals surface area (Å²) in [6.07, 6.45) is -0.929. The number of hydrogen-bond donors (Lipinski definition) is 2. The largest absolute Gasteiger partial charge is 0.668 e. The summed E-state index contributed by atoms with van der Waals surface area (Å²) in [7, 11) is 0. The Morgan fingerprint density at radius 1 is 1.11 bits per heavy atom. The number of carbonyl (C=O) groups excluding carboxylic acids is 3. The van der Waals surface area contributed by atoms with Gasteiger partial charge in [0.2, 0.25) is 5.91 Å². The van der Waals surface area contributed by atoms with Crippen molar-refractivity contribution < 1.29 is 78.1 Å². The van der Waals surface area contributed by atoms with Crippen LogP contribution in [0.25, 0.3) is 5.73 Å². The zero-order valence-corrected chi connectivity index (χ0v) is 21.7. The van der Waals surface area contributed by atoms with Crippen molar-refractivity contribution in [3.05, 3.63) is 48.6 Å². The molecule has 28 heavy (non-hydrogen) atoms. The Kier molecular flexibility index (Phi) is 14.8. The molecule has 3 atom stereocenters. The minimum Gasteiger partial charge on any atom is -0.668 e. The molecule has 1 aromatic rings. The number of hydrogen-bond acceptors (Lipinski definition) is 4. The molecule has 1 aromatic carbocycles. The van der Waals surface area contributed by atoms with Gasteiger partial charge in [0.05, 0.1) is 12.0 Å². The molecule has 9 heteroatoms. The summed E-state index contributed by atoms with van der Waals surface area (Å²) in [6, 6.07) is 6.29. The average molecular weight is 633 g/mol. The SMILES string of the molecule is [CH2-]C(=O)[C@@H](NC(=O)[C@@H](CC(=O)[C@@H]([NH-])CC(=O)O)c1ccccc1)C(C)C.[W].[Y]. The number of benzene rings is 1. The molecular formula is C19H24N2O5WY-2. The van der Waals surface area contributed by atoms with E-state index < -0.39 is 47.9 Å². The predicted molar refractivity (Wildman–Crippen MR) is 96.3 cm³/mol. The van der Waals surface area contributed by atoms with Crippen molar-refractivity contribution in [3.8, 4) is 0 Å². The van der Waals surface area contributed by atoms with Gasteiger partial charge in [-0.05, 0) is 11.5 Å². The van der Waals surface area contributed by atoms with E-state index in [1.165, 1.54) is 0 Å². The van der Waals surface area contributed by atoms with E-state index >= 15 is 0 Å². The van der Waals surface area contributed by atoms with Gasteiger partial charge < -0.3 is 32.7 Å². The van der Waals surface area contributed by atoms with Crippen molar-refractivity contribution in [1.82, 2.24) is 5.32 Å². The maximum absolute atomic E-state index is 12.7. The standard InChI is InChI=1S/C19H24N2O5.W.Y/c1-11(2)18(12(3)22)21-19(26)14(13-7-5-4-6-8-13)9-16(23)15(20)10-17(24)25;;/h4-8,11,14-15,18,20H,3,9-10H2,1-2H3,(H,21,26)(H,24,25);;/q-2;;/t14-,15-,18-;;/m0../s1.